The second-order valence-corrected chi connectivity index (χ2v) is 6.51. The van der Waals surface area contributed by atoms with Crippen molar-refractivity contribution in [1.29, 1.82) is 0 Å². The van der Waals surface area contributed by atoms with Gasteiger partial charge in [-0.15, -0.1) is 0 Å². The Balaban J connectivity index is 1.67. The van der Waals surface area contributed by atoms with Crippen molar-refractivity contribution in [3.05, 3.63) is 65.5 Å². The first-order chi connectivity index (χ1) is 12.1. The molecule has 0 unspecified atom stereocenters. The van der Waals surface area contributed by atoms with Gasteiger partial charge in [-0.05, 0) is 30.5 Å². The van der Waals surface area contributed by atoms with Crippen molar-refractivity contribution in [2.24, 2.45) is 0 Å². The number of hydrogen-bond donors (Lipinski definition) is 1. The summed E-state index contributed by atoms with van der Waals surface area (Å²) in [6.07, 6.45) is 4.34. The Bertz CT molecular complexity index is 740. The van der Waals surface area contributed by atoms with Crippen LogP contribution in [0.15, 0.2) is 48.5 Å². The molecule has 1 fully saturated rings. The molecule has 1 aromatic carbocycles. The van der Waals surface area contributed by atoms with Crippen molar-refractivity contribution in [3.63, 3.8) is 0 Å². The molecule has 1 saturated carbocycles. The van der Waals surface area contributed by atoms with E-state index in [0.29, 0.717) is 12.2 Å². The van der Waals surface area contributed by atoms with Crippen molar-refractivity contribution in [2.75, 3.05) is 7.05 Å². The largest absolute Gasteiger partial charge is 0.348 e. The SMILES string of the molecule is CN(Cc1ccccc1)C(=O)c1cccc(C(=O)NC2CCCC2)n1. The Morgan fingerprint density at radius 3 is 2.44 bits per heavy atom. The third-order valence-corrected chi connectivity index (χ3v) is 4.50. The molecule has 5 nitrogen and oxygen atoms in total. The van der Waals surface area contributed by atoms with Crippen LogP contribution in [0.4, 0.5) is 0 Å². The Morgan fingerprint density at radius 2 is 1.72 bits per heavy atom. The van der Waals surface area contributed by atoms with E-state index in [1.165, 1.54) is 0 Å². The molecule has 0 aliphatic heterocycles. The average Bonchev–Trinajstić information content (AvgIpc) is 3.15. The van der Waals surface area contributed by atoms with Gasteiger partial charge in [0.1, 0.15) is 11.4 Å². The van der Waals surface area contributed by atoms with Gasteiger partial charge in [0.05, 0.1) is 0 Å². The number of nitrogens with zero attached hydrogens (tertiary/aromatic N) is 2. The van der Waals surface area contributed by atoms with Crippen molar-refractivity contribution in [1.82, 2.24) is 15.2 Å². The molecule has 1 aliphatic rings. The van der Waals surface area contributed by atoms with Crippen LogP contribution in [0, 0.1) is 0 Å². The molecule has 1 aliphatic carbocycles. The predicted octanol–water partition coefficient (Wildman–Crippen LogP) is 3.03. The van der Waals surface area contributed by atoms with E-state index in [2.05, 4.69) is 10.3 Å². The number of nitrogens with one attached hydrogen (secondary N) is 1. The highest BCUT2D eigenvalue weighted by Crippen LogP contribution is 2.18. The summed E-state index contributed by atoms with van der Waals surface area (Å²) in [5.41, 5.74) is 1.64. The topological polar surface area (TPSA) is 62.3 Å². The van der Waals surface area contributed by atoms with Gasteiger partial charge in [-0.25, -0.2) is 4.98 Å². The third-order valence-electron chi connectivity index (χ3n) is 4.50. The number of aromatic nitrogens is 1. The number of hydrogen-bond acceptors (Lipinski definition) is 3. The number of carbonyl (C=O) groups is 2. The monoisotopic (exact) mass is 337 g/mol. The van der Waals surface area contributed by atoms with E-state index in [1.54, 1.807) is 30.1 Å². The van der Waals surface area contributed by atoms with Crippen LogP contribution in [-0.4, -0.2) is 34.8 Å². The van der Waals surface area contributed by atoms with E-state index < -0.39 is 0 Å². The lowest BCUT2D eigenvalue weighted by atomic mass is 10.2. The van der Waals surface area contributed by atoms with Gasteiger partial charge in [0.25, 0.3) is 11.8 Å². The number of pyridine rings is 1. The molecular formula is C20H23N3O2. The molecule has 3 rings (SSSR count). The molecule has 0 spiro atoms. The van der Waals surface area contributed by atoms with Crippen LogP contribution in [0.2, 0.25) is 0 Å². The fourth-order valence-corrected chi connectivity index (χ4v) is 3.13. The van der Waals surface area contributed by atoms with Gasteiger partial charge in [-0.3, -0.25) is 9.59 Å². The van der Waals surface area contributed by atoms with Gasteiger partial charge in [0.2, 0.25) is 0 Å². The lowest BCUT2D eigenvalue weighted by Crippen LogP contribution is -2.34. The highest BCUT2D eigenvalue weighted by molar-refractivity contribution is 5.96. The Morgan fingerprint density at radius 1 is 1.04 bits per heavy atom. The van der Waals surface area contributed by atoms with Gasteiger partial charge in [0, 0.05) is 19.6 Å². The van der Waals surface area contributed by atoms with Gasteiger partial charge in [-0.2, -0.15) is 0 Å². The number of rotatable bonds is 5. The quantitative estimate of drug-likeness (QED) is 0.912. The zero-order valence-electron chi connectivity index (χ0n) is 14.4. The Labute approximate surface area is 148 Å². The predicted molar refractivity (Wildman–Crippen MR) is 96.2 cm³/mol. The maximum absolute atomic E-state index is 12.6. The molecular weight excluding hydrogens is 314 g/mol. The molecule has 1 N–H and O–H groups in total. The molecule has 1 aromatic heterocycles. The van der Waals surface area contributed by atoms with Crippen molar-refractivity contribution >= 4 is 11.8 Å². The second-order valence-electron chi connectivity index (χ2n) is 6.51. The van der Waals surface area contributed by atoms with E-state index in [9.17, 15) is 9.59 Å². The van der Waals surface area contributed by atoms with E-state index in [1.807, 2.05) is 30.3 Å². The van der Waals surface area contributed by atoms with E-state index in [4.69, 9.17) is 0 Å². The first-order valence-corrected chi connectivity index (χ1v) is 8.71. The molecule has 0 radical (unpaired) electrons. The van der Waals surface area contributed by atoms with Crippen LogP contribution < -0.4 is 5.32 Å². The molecule has 1 heterocycles. The van der Waals surface area contributed by atoms with Crippen LogP contribution in [0.1, 0.15) is 52.2 Å². The second kappa shape index (κ2) is 7.92. The van der Waals surface area contributed by atoms with Gasteiger partial charge < -0.3 is 10.2 Å². The first-order valence-electron chi connectivity index (χ1n) is 8.71. The minimum Gasteiger partial charge on any atom is -0.348 e. The summed E-state index contributed by atoms with van der Waals surface area (Å²) in [5, 5.41) is 3.00. The van der Waals surface area contributed by atoms with Gasteiger partial charge >= 0.3 is 0 Å². The summed E-state index contributed by atoms with van der Waals surface area (Å²) >= 11 is 0. The lowest BCUT2D eigenvalue weighted by molar-refractivity contribution is 0.0779. The molecule has 130 valence electrons. The number of carbonyl (C=O) groups excluding carboxylic acids is 2. The van der Waals surface area contributed by atoms with Crippen LogP contribution >= 0.6 is 0 Å². The van der Waals surface area contributed by atoms with Gasteiger partial charge in [-0.1, -0.05) is 49.2 Å². The smallest absolute Gasteiger partial charge is 0.272 e. The molecule has 5 heteroatoms. The Kier molecular flexibility index (Phi) is 5.43. The summed E-state index contributed by atoms with van der Waals surface area (Å²) in [5.74, 6) is -0.397. The summed E-state index contributed by atoms with van der Waals surface area (Å²) in [4.78, 5) is 30.8. The minimum absolute atomic E-state index is 0.195. The maximum Gasteiger partial charge on any atom is 0.272 e. The van der Waals surface area contributed by atoms with Crippen LogP contribution in [-0.2, 0) is 6.54 Å². The molecule has 2 amide bonds. The van der Waals surface area contributed by atoms with Crippen molar-refractivity contribution < 1.29 is 9.59 Å². The van der Waals surface area contributed by atoms with Crippen LogP contribution in [0.25, 0.3) is 0 Å². The maximum atomic E-state index is 12.6. The summed E-state index contributed by atoms with van der Waals surface area (Å²) < 4.78 is 0. The molecule has 2 aromatic rings. The summed E-state index contributed by atoms with van der Waals surface area (Å²) in [6.45, 7) is 0.500. The standard InChI is InChI=1S/C20H23N3O2/c1-23(14-15-8-3-2-4-9-15)20(25)18-13-7-12-17(22-18)19(24)21-16-10-5-6-11-16/h2-4,7-9,12-13,16H,5-6,10-11,14H2,1H3,(H,21,24). The summed E-state index contributed by atoms with van der Waals surface area (Å²) in [6, 6.07) is 15.0. The van der Waals surface area contributed by atoms with Crippen LogP contribution in [0.5, 0.6) is 0 Å². The number of benzene rings is 1. The van der Waals surface area contributed by atoms with Crippen molar-refractivity contribution in [3.8, 4) is 0 Å². The highest BCUT2D eigenvalue weighted by atomic mass is 16.2. The molecule has 25 heavy (non-hydrogen) atoms. The van der Waals surface area contributed by atoms with E-state index >= 15 is 0 Å². The molecule has 0 atom stereocenters. The normalized spacial score (nSPS) is 14.3. The zero-order valence-corrected chi connectivity index (χ0v) is 14.4. The van der Waals surface area contributed by atoms with Crippen LogP contribution in [0.3, 0.4) is 0 Å². The average molecular weight is 337 g/mol. The lowest BCUT2D eigenvalue weighted by Gasteiger charge is -2.17. The summed E-state index contributed by atoms with van der Waals surface area (Å²) in [7, 11) is 1.74. The first kappa shape index (κ1) is 17.1. The fraction of sp³-hybridized carbons (Fsp3) is 0.350. The number of amides is 2. The molecule has 0 saturated heterocycles. The third kappa shape index (κ3) is 4.44. The molecule has 0 bridgehead atoms. The zero-order chi connectivity index (χ0) is 17.6. The Hall–Kier alpha value is -2.69. The highest BCUT2D eigenvalue weighted by Gasteiger charge is 2.20. The fourth-order valence-electron chi connectivity index (χ4n) is 3.13. The van der Waals surface area contributed by atoms with E-state index in [-0.39, 0.29) is 23.6 Å². The van der Waals surface area contributed by atoms with E-state index in [0.717, 1.165) is 31.2 Å². The minimum atomic E-state index is -0.202. The van der Waals surface area contributed by atoms with Crippen molar-refractivity contribution in [2.45, 2.75) is 38.3 Å². The van der Waals surface area contributed by atoms with Gasteiger partial charge in [0.15, 0.2) is 0 Å².